The van der Waals surface area contributed by atoms with Gasteiger partial charge in [0.25, 0.3) is 0 Å². The molecule has 0 heterocycles. The first-order valence-electron chi connectivity index (χ1n) is 7.44. The molecule has 2 unspecified atom stereocenters. The SMILES string of the molecule is CCN(CC)CC(C)NC(C)c1ccccc1C(F)(F)F. The third-order valence-corrected chi connectivity index (χ3v) is 3.69. The molecule has 1 N–H and O–H groups in total. The van der Waals surface area contributed by atoms with E-state index in [1.807, 2.05) is 6.92 Å². The quantitative estimate of drug-likeness (QED) is 0.816. The Balaban J connectivity index is 2.78. The Hall–Kier alpha value is -1.07. The van der Waals surface area contributed by atoms with Gasteiger partial charge < -0.3 is 10.2 Å². The summed E-state index contributed by atoms with van der Waals surface area (Å²) in [5.41, 5.74) is -0.253. The van der Waals surface area contributed by atoms with Crippen LogP contribution in [0.5, 0.6) is 0 Å². The standard InChI is InChI=1S/C16H25F3N2/c1-5-21(6-2)11-12(3)20-13(4)14-9-7-8-10-15(14)16(17,18)19/h7-10,12-13,20H,5-6,11H2,1-4H3. The Labute approximate surface area is 125 Å². The van der Waals surface area contributed by atoms with Crippen LogP contribution in [0.2, 0.25) is 0 Å². The Bertz CT molecular complexity index is 428. The summed E-state index contributed by atoms with van der Waals surface area (Å²) in [6.07, 6.45) is -4.31. The van der Waals surface area contributed by atoms with Gasteiger partial charge in [-0.15, -0.1) is 0 Å². The predicted molar refractivity (Wildman–Crippen MR) is 80.2 cm³/mol. The zero-order chi connectivity index (χ0) is 16.0. The second-order valence-corrected chi connectivity index (χ2v) is 5.36. The minimum absolute atomic E-state index is 0.126. The summed E-state index contributed by atoms with van der Waals surface area (Å²) in [5.74, 6) is 0. The lowest BCUT2D eigenvalue weighted by Gasteiger charge is -2.27. The summed E-state index contributed by atoms with van der Waals surface area (Å²) >= 11 is 0. The van der Waals surface area contributed by atoms with Crippen LogP contribution in [-0.2, 0) is 6.18 Å². The molecule has 0 fully saturated rings. The van der Waals surface area contributed by atoms with Crippen molar-refractivity contribution in [1.82, 2.24) is 10.2 Å². The average Bonchev–Trinajstić information content (AvgIpc) is 2.43. The lowest BCUT2D eigenvalue weighted by atomic mass is 10.0. The van der Waals surface area contributed by atoms with Crippen molar-refractivity contribution in [2.45, 2.75) is 46.0 Å². The molecular weight excluding hydrogens is 277 g/mol. The summed E-state index contributed by atoms with van der Waals surface area (Å²) in [6.45, 7) is 10.7. The number of hydrogen-bond acceptors (Lipinski definition) is 2. The molecule has 0 amide bonds. The van der Waals surface area contributed by atoms with Crippen molar-refractivity contribution in [3.05, 3.63) is 35.4 Å². The molecule has 0 spiro atoms. The second-order valence-electron chi connectivity index (χ2n) is 5.36. The lowest BCUT2D eigenvalue weighted by Crippen LogP contribution is -2.40. The van der Waals surface area contributed by atoms with Gasteiger partial charge in [-0.25, -0.2) is 0 Å². The zero-order valence-corrected chi connectivity index (χ0v) is 13.2. The number of hydrogen-bond donors (Lipinski definition) is 1. The predicted octanol–water partition coefficient (Wildman–Crippen LogP) is 4.09. The Morgan fingerprint density at radius 1 is 1.10 bits per heavy atom. The minimum Gasteiger partial charge on any atom is -0.306 e. The minimum atomic E-state index is -4.31. The van der Waals surface area contributed by atoms with Crippen molar-refractivity contribution < 1.29 is 13.2 Å². The molecule has 0 aliphatic carbocycles. The van der Waals surface area contributed by atoms with E-state index in [1.54, 1.807) is 19.1 Å². The van der Waals surface area contributed by atoms with Gasteiger partial charge in [-0.3, -0.25) is 0 Å². The molecule has 2 atom stereocenters. The Morgan fingerprint density at radius 3 is 2.19 bits per heavy atom. The number of benzene rings is 1. The molecular formula is C16H25F3N2. The van der Waals surface area contributed by atoms with E-state index in [2.05, 4.69) is 24.1 Å². The number of likely N-dealkylation sites (N-methyl/N-ethyl adjacent to an activating group) is 1. The summed E-state index contributed by atoms with van der Waals surface area (Å²) < 4.78 is 39.1. The number of rotatable bonds is 7. The zero-order valence-electron chi connectivity index (χ0n) is 13.2. The van der Waals surface area contributed by atoms with Crippen molar-refractivity contribution in [2.24, 2.45) is 0 Å². The third-order valence-electron chi connectivity index (χ3n) is 3.69. The molecule has 2 nitrogen and oxygen atoms in total. The van der Waals surface area contributed by atoms with Gasteiger partial charge in [0.2, 0.25) is 0 Å². The van der Waals surface area contributed by atoms with E-state index in [0.29, 0.717) is 5.56 Å². The van der Waals surface area contributed by atoms with Crippen molar-refractivity contribution in [3.63, 3.8) is 0 Å². The second kappa shape index (κ2) is 7.80. The first-order chi connectivity index (χ1) is 9.79. The van der Waals surface area contributed by atoms with Gasteiger partial charge in [0.15, 0.2) is 0 Å². The highest BCUT2D eigenvalue weighted by atomic mass is 19.4. The highest BCUT2D eigenvalue weighted by Gasteiger charge is 2.34. The van der Waals surface area contributed by atoms with Gasteiger partial charge in [0, 0.05) is 18.6 Å². The first kappa shape index (κ1) is 18.0. The van der Waals surface area contributed by atoms with Gasteiger partial charge in [-0.1, -0.05) is 32.0 Å². The van der Waals surface area contributed by atoms with Gasteiger partial charge in [-0.05, 0) is 38.6 Å². The molecule has 0 bridgehead atoms. The average molecular weight is 302 g/mol. The monoisotopic (exact) mass is 302 g/mol. The van der Waals surface area contributed by atoms with E-state index < -0.39 is 11.7 Å². The van der Waals surface area contributed by atoms with Crippen LogP contribution in [0.25, 0.3) is 0 Å². The topological polar surface area (TPSA) is 15.3 Å². The fourth-order valence-electron chi connectivity index (χ4n) is 2.57. The molecule has 0 saturated heterocycles. The molecule has 1 rings (SSSR count). The van der Waals surface area contributed by atoms with Crippen LogP contribution in [0.15, 0.2) is 24.3 Å². The Kier molecular flexibility index (Phi) is 6.68. The van der Waals surface area contributed by atoms with Crippen LogP contribution >= 0.6 is 0 Å². The molecule has 1 aromatic rings. The number of nitrogens with zero attached hydrogens (tertiary/aromatic N) is 1. The molecule has 5 heteroatoms. The summed E-state index contributed by atoms with van der Waals surface area (Å²) in [6, 6.07) is 5.55. The molecule has 0 aliphatic heterocycles. The van der Waals surface area contributed by atoms with Crippen LogP contribution in [-0.4, -0.2) is 30.6 Å². The molecule has 120 valence electrons. The maximum atomic E-state index is 13.0. The van der Waals surface area contributed by atoms with E-state index in [0.717, 1.165) is 25.7 Å². The van der Waals surface area contributed by atoms with Gasteiger partial charge in [0.1, 0.15) is 0 Å². The summed E-state index contributed by atoms with van der Waals surface area (Å²) in [4.78, 5) is 2.25. The molecule has 0 radical (unpaired) electrons. The number of nitrogens with one attached hydrogen (secondary N) is 1. The van der Waals surface area contributed by atoms with Crippen LogP contribution in [0, 0.1) is 0 Å². The maximum Gasteiger partial charge on any atom is 0.416 e. The number of halogens is 3. The van der Waals surface area contributed by atoms with E-state index >= 15 is 0 Å². The highest BCUT2D eigenvalue weighted by Crippen LogP contribution is 2.34. The van der Waals surface area contributed by atoms with E-state index in [9.17, 15) is 13.2 Å². The molecule has 1 aromatic carbocycles. The van der Waals surface area contributed by atoms with Crippen LogP contribution < -0.4 is 5.32 Å². The van der Waals surface area contributed by atoms with Crippen molar-refractivity contribution in [3.8, 4) is 0 Å². The van der Waals surface area contributed by atoms with Gasteiger partial charge >= 0.3 is 6.18 Å². The van der Waals surface area contributed by atoms with E-state index in [-0.39, 0.29) is 12.1 Å². The largest absolute Gasteiger partial charge is 0.416 e. The lowest BCUT2D eigenvalue weighted by molar-refractivity contribution is -0.138. The van der Waals surface area contributed by atoms with Crippen LogP contribution in [0.1, 0.15) is 44.9 Å². The molecule has 21 heavy (non-hydrogen) atoms. The highest BCUT2D eigenvalue weighted by molar-refractivity contribution is 5.32. The maximum absolute atomic E-state index is 13.0. The van der Waals surface area contributed by atoms with Crippen LogP contribution in [0.4, 0.5) is 13.2 Å². The fourth-order valence-corrected chi connectivity index (χ4v) is 2.57. The summed E-state index contributed by atoms with van der Waals surface area (Å²) in [7, 11) is 0. The Morgan fingerprint density at radius 2 is 1.67 bits per heavy atom. The smallest absolute Gasteiger partial charge is 0.306 e. The fraction of sp³-hybridized carbons (Fsp3) is 0.625. The van der Waals surface area contributed by atoms with Gasteiger partial charge in [-0.2, -0.15) is 13.2 Å². The summed E-state index contributed by atoms with van der Waals surface area (Å²) in [5, 5.41) is 3.27. The normalized spacial score (nSPS) is 15.2. The number of alkyl halides is 3. The molecule has 0 aromatic heterocycles. The molecule has 0 aliphatic rings. The van der Waals surface area contributed by atoms with E-state index in [4.69, 9.17) is 0 Å². The van der Waals surface area contributed by atoms with Crippen molar-refractivity contribution in [1.29, 1.82) is 0 Å². The van der Waals surface area contributed by atoms with Crippen molar-refractivity contribution >= 4 is 0 Å². The van der Waals surface area contributed by atoms with Crippen LogP contribution in [0.3, 0.4) is 0 Å². The van der Waals surface area contributed by atoms with Crippen molar-refractivity contribution in [2.75, 3.05) is 19.6 Å². The third kappa shape index (κ3) is 5.32. The molecule has 0 saturated carbocycles. The van der Waals surface area contributed by atoms with E-state index in [1.165, 1.54) is 6.07 Å². The first-order valence-corrected chi connectivity index (χ1v) is 7.44. The van der Waals surface area contributed by atoms with Gasteiger partial charge in [0.05, 0.1) is 5.56 Å².